The van der Waals surface area contributed by atoms with Gasteiger partial charge in [0, 0.05) is 43.8 Å². The number of fused-ring (bicyclic) bond motifs is 1. The molecule has 0 saturated carbocycles. The van der Waals surface area contributed by atoms with Crippen molar-refractivity contribution in [3.05, 3.63) is 54.1 Å². The quantitative estimate of drug-likeness (QED) is 0.616. The summed E-state index contributed by atoms with van der Waals surface area (Å²) in [6, 6.07) is 6.71. The minimum atomic E-state index is -3.74. The van der Waals surface area contributed by atoms with Crippen LogP contribution in [-0.4, -0.2) is 64.5 Å². The lowest BCUT2D eigenvalue weighted by molar-refractivity contribution is 0.0764. The summed E-state index contributed by atoms with van der Waals surface area (Å²) in [5, 5.41) is 5.11. The maximum absolute atomic E-state index is 13.2. The van der Waals surface area contributed by atoms with Crippen LogP contribution in [0.5, 0.6) is 0 Å². The van der Waals surface area contributed by atoms with Crippen molar-refractivity contribution >= 4 is 27.0 Å². The molecule has 1 aliphatic rings. The first kappa shape index (κ1) is 21.4. The number of benzene rings is 1. The van der Waals surface area contributed by atoms with Gasteiger partial charge in [-0.3, -0.25) is 4.79 Å². The third kappa shape index (κ3) is 4.17. The lowest BCUT2D eigenvalue weighted by atomic mass is 10.2. The summed E-state index contributed by atoms with van der Waals surface area (Å²) < 4.78 is 42.1. The Morgan fingerprint density at radius 1 is 1.06 bits per heavy atom. The normalized spacial score (nSPS) is 16.1. The van der Waals surface area contributed by atoms with Gasteiger partial charge in [0.05, 0.1) is 16.7 Å². The van der Waals surface area contributed by atoms with Gasteiger partial charge in [-0.15, -0.1) is 0 Å². The number of rotatable bonds is 4. The molecule has 1 amide bonds. The fourth-order valence-electron chi connectivity index (χ4n) is 3.71. The van der Waals surface area contributed by atoms with E-state index < -0.39 is 15.8 Å². The Bertz CT molecular complexity index is 1210. The van der Waals surface area contributed by atoms with Crippen molar-refractivity contribution in [2.45, 2.75) is 31.2 Å². The molecule has 0 radical (unpaired) electrons. The third-order valence-corrected chi connectivity index (χ3v) is 7.28. The van der Waals surface area contributed by atoms with Gasteiger partial charge in [0.1, 0.15) is 5.82 Å². The van der Waals surface area contributed by atoms with Gasteiger partial charge in [0.25, 0.3) is 5.91 Å². The molecule has 2 aromatic heterocycles. The van der Waals surface area contributed by atoms with Crippen molar-refractivity contribution in [1.29, 1.82) is 0 Å². The largest absolute Gasteiger partial charge is 0.337 e. The number of carbonyl (C=O) groups excluding carboxylic acids is 1. The molecule has 31 heavy (non-hydrogen) atoms. The van der Waals surface area contributed by atoms with Crippen molar-refractivity contribution in [2.24, 2.45) is 0 Å². The zero-order valence-corrected chi connectivity index (χ0v) is 18.2. The van der Waals surface area contributed by atoms with Crippen LogP contribution >= 0.6 is 0 Å². The molecule has 0 unspecified atom stereocenters. The van der Waals surface area contributed by atoms with E-state index in [1.54, 1.807) is 28.0 Å². The number of sulfonamides is 1. The van der Waals surface area contributed by atoms with Gasteiger partial charge in [-0.25, -0.2) is 22.5 Å². The Morgan fingerprint density at radius 3 is 2.52 bits per heavy atom. The number of carbonyl (C=O) groups is 1. The van der Waals surface area contributed by atoms with Gasteiger partial charge in [0.15, 0.2) is 5.65 Å². The number of amides is 1. The second-order valence-corrected chi connectivity index (χ2v) is 9.76. The monoisotopic (exact) mass is 445 g/mol. The van der Waals surface area contributed by atoms with Crippen LogP contribution in [0.3, 0.4) is 0 Å². The number of halogens is 1. The van der Waals surface area contributed by atoms with Gasteiger partial charge in [0.2, 0.25) is 10.0 Å². The zero-order chi connectivity index (χ0) is 22.2. The molecule has 0 spiro atoms. The highest BCUT2D eigenvalue weighted by Crippen LogP contribution is 2.21. The van der Waals surface area contributed by atoms with E-state index in [1.807, 2.05) is 13.8 Å². The van der Waals surface area contributed by atoms with E-state index >= 15 is 0 Å². The molecular formula is C21H24FN5O3S. The molecule has 3 aromatic rings. The highest BCUT2D eigenvalue weighted by Gasteiger charge is 2.29. The molecule has 3 heterocycles. The predicted octanol–water partition coefficient (Wildman–Crippen LogP) is 2.69. The standard InChI is InChI=1S/C21H24FN5O3S/c1-15(2)27-20-16(14-24-27)12-17(13-23-20)21(28)25-8-3-9-26(11-10-25)31(29,30)19-6-4-18(22)5-7-19/h4-7,12-15H,3,8-11H2,1-2H3. The molecule has 0 bridgehead atoms. The molecule has 8 nitrogen and oxygen atoms in total. The summed E-state index contributed by atoms with van der Waals surface area (Å²) in [6.07, 6.45) is 3.74. The summed E-state index contributed by atoms with van der Waals surface area (Å²) in [4.78, 5) is 19.2. The molecule has 1 aliphatic heterocycles. The molecule has 0 aliphatic carbocycles. The van der Waals surface area contributed by atoms with E-state index in [9.17, 15) is 17.6 Å². The van der Waals surface area contributed by atoms with Gasteiger partial charge in [-0.05, 0) is 50.6 Å². The summed E-state index contributed by atoms with van der Waals surface area (Å²) in [5.74, 6) is -0.677. The Balaban J connectivity index is 1.50. The number of pyridine rings is 1. The summed E-state index contributed by atoms with van der Waals surface area (Å²) in [6.45, 7) is 5.20. The molecule has 1 saturated heterocycles. The average Bonchev–Trinajstić information content (AvgIpc) is 3.01. The van der Waals surface area contributed by atoms with E-state index in [0.29, 0.717) is 25.1 Å². The van der Waals surface area contributed by atoms with Crippen molar-refractivity contribution < 1.29 is 17.6 Å². The van der Waals surface area contributed by atoms with Crippen LogP contribution < -0.4 is 0 Å². The van der Waals surface area contributed by atoms with Crippen molar-refractivity contribution in [3.63, 3.8) is 0 Å². The summed E-state index contributed by atoms with van der Waals surface area (Å²) >= 11 is 0. The number of hydrogen-bond acceptors (Lipinski definition) is 5. The number of hydrogen-bond donors (Lipinski definition) is 0. The van der Waals surface area contributed by atoms with E-state index in [0.717, 1.165) is 23.2 Å². The van der Waals surface area contributed by atoms with Crippen LogP contribution in [0.2, 0.25) is 0 Å². The summed E-state index contributed by atoms with van der Waals surface area (Å²) in [5.41, 5.74) is 1.17. The van der Waals surface area contributed by atoms with Crippen LogP contribution in [0.4, 0.5) is 4.39 Å². The first-order valence-corrected chi connectivity index (χ1v) is 11.6. The van der Waals surface area contributed by atoms with Gasteiger partial charge < -0.3 is 4.90 Å². The molecule has 0 N–H and O–H groups in total. The maximum atomic E-state index is 13.2. The number of nitrogens with zero attached hydrogens (tertiary/aromatic N) is 5. The van der Waals surface area contributed by atoms with Gasteiger partial charge in [-0.1, -0.05) is 0 Å². The Labute approximate surface area is 180 Å². The lowest BCUT2D eigenvalue weighted by Gasteiger charge is -2.22. The second kappa shape index (κ2) is 8.35. The van der Waals surface area contributed by atoms with Gasteiger partial charge in [-0.2, -0.15) is 9.40 Å². The number of aromatic nitrogens is 3. The fraction of sp³-hybridized carbons (Fsp3) is 0.381. The smallest absolute Gasteiger partial charge is 0.255 e. The topological polar surface area (TPSA) is 88.4 Å². The van der Waals surface area contributed by atoms with Crippen LogP contribution in [0.25, 0.3) is 11.0 Å². The van der Waals surface area contributed by atoms with E-state index in [2.05, 4.69) is 10.1 Å². The molecular weight excluding hydrogens is 421 g/mol. The predicted molar refractivity (Wildman–Crippen MR) is 114 cm³/mol. The Morgan fingerprint density at radius 2 is 1.81 bits per heavy atom. The molecule has 164 valence electrons. The average molecular weight is 446 g/mol. The SMILES string of the molecule is CC(C)n1ncc2cc(C(=O)N3CCCN(S(=O)(=O)c4ccc(F)cc4)CC3)cnc21. The van der Waals surface area contributed by atoms with Crippen molar-refractivity contribution in [3.8, 4) is 0 Å². The van der Waals surface area contributed by atoms with E-state index in [4.69, 9.17) is 0 Å². The lowest BCUT2D eigenvalue weighted by Crippen LogP contribution is -2.37. The van der Waals surface area contributed by atoms with Crippen LogP contribution in [-0.2, 0) is 10.0 Å². The fourth-order valence-corrected chi connectivity index (χ4v) is 5.18. The molecule has 0 atom stereocenters. The summed E-state index contributed by atoms with van der Waals surface area (Å²) in [7, 11) is -3.74. The Kier molecular flexibility index (Phi) is 5.76. The van der Waals surface area contributed by atoms with E-state index in [1.165, 1.54) is 16.4 Å². The van der Waals surface area contributed by atoms with E-state index in [-0.39, 0.29) is 29.9 Å². The maximum Gasteiger partial charge on any atom is 0.255 e. The second-order valence-electron chi connectivity index (χ2n) is 7.82. The van der Waals surface area contributed by atoms with Crippen LogP contribution in [0, 0.1) is 5.82 Å². The molecule has 10 heteroatoms. The zero-order valence-electron chi connectivity index (χ0n) is 17.4. The molecule has 1 fully saturated rings. The molecule has 1 aromatic carbocycles. The Hall–Kier alpha value is -2.85. The van der Waals surface area contributed by atoms with Crippen molar-refractivity contribution in [1.82, 2.24) is 24.0 Å². The van der Waals surface area contributed by atoms with Crippen molar-refractivity contribution in [2.75, 3.05) is 26.2 Å². The minimum Gasteiger partial charge on any atom is -0.337 e. The third-order valence-electron chi connectivity index (χ3n) is 5.36. The first-order chi connectivity index (χ1) is 14.8. The van der Waals surface area contributed by atoms with Crippen LogP contribution in [0.1, 0.15) is 36.7 Å². The molecule has 4 rings (SSSR count). The van der Waals surface area contributed by atoms with Gasteiger partial charge >= 0.3 is 0 Å². The highest BCUT2D eigenvalue weighted by atomic mass is 32.2. The highest BCUT2D eigenvalue weighted by molar-refractivity contribution is 7.89. The minimum absolute atomic E-state index is 0.0468. The van der Waals surface area contributed by atoms with Crippen LogP contribution in [0.15, 0.2) is 47.6 Å². The first-order valence-electron chi connectivity index (χ1n) is 10.2.